The maximum atomic E-state index is 11.0. The highest BCUT2D eigenvalue weighted by atomic mass is 16.5. The fraction of sp³-hybridized carbons (Fsp3) is 0.0625. The highest BCUT2D eigenvalue weighted by Gasteiger charge is 2.05. The van der Waals surface area contributed by atoms with Crippen LogP contribution in [-0.2, 0) is 4.79 Å². The number of esters is 1. The summed E-state index contributed by atoms with van der Waals surface area (Å²) in [6, 6.07) is 11.0. The van der Waals surface area contributed by atoms with Gasteiger partial charge in [-0.3, -0.25) is 0 Å². The first-order valence-electron chi connectivity index (χ1n) is 6.19. The maximum absolute atomic E-state index is 11.0. The van der Waals surface area contributed by atoms with Crippen LogP contribution in [0.2, 0.25) is 0 Å². The monoisotopic (exact) mass is 286 g/mol. The van der Waals surface area contributed by atoms with Gasteiger partial charge in [-0.15, -0.1) is 0 Å². The van der Waals surface area contributed by atoms with Crippen LogP contribution in [0.1, 0.15) is 11.1 Å². The Morgan fingerprint density at radius 1 is 0.952 bits per heavy atom. The lowest BCUT2D eigenvalue weighted by atomic mass is 10.1. The van der Waals surface area contributed by atoms with Crippen LogP contribution in [0.25, 0.3) is 12.2 Å². The summed E-state index contributed by atoms with van der Waals surface area (Å²) in [4.78, 5) is 11.0. The van der Waals surface area contributed by atoms with Crippen molar-refractivity contribution in [1.82, 2.24) is 0 Å². The van der Waals surface area contributed by atoms with E-state index in [-0.39, 0.29) is 17.2 Å². The molecular formula is C16H14O5. The van der Waals surface area contributed by atoms with E-state index in [0.717, 1.165) is 5.56 Å². The predicted octanol–water partition coefficient (Wildman–Crippen LogP) is 2.17. The Kier molecular flexibility index (Phi) is 4.58. The van der Waals surface area contributed by atoms with Crippen molar-refractivity contribution in [2.45, 2.75) is 0 Å². The number of aliphatic hydroxyl groups is 1. The van der Waals surface area contributed by atoms with Crippen molar-refractivity contribution in [3.63, 3.8) is 0 Å². The number of ether oxygens (including phenoxy) is 1. The van der Waals surface area contributed by atoms with E-state index in [1.807, 2.05) is 0 Å². The van der Waals surface area contributed by atoms with Crippen LogP contribution in [0, 0.1) is 0 Å². The van der Waals surface area contributed by atoms with Gasteiger partial charge in [-0.25, -0.2) is 4.79 Å². The molecule has 0 atom stereocenters. The molecule has 0 aliphatic carbocycles. The molecule has 2 aromatic carbocycles. The van der Waals surface area contributed by atoms with Gasteiger partial charge in [0.1, 0.15) is 23.9 Å². The zero-order valence-corrected chi connectivity index (χ0v) is 11.1. The highest BCUT2D eigenvalue weighted by Crippen LogP contribution is 2.23. The summed E-state index contributed by atoms with van der Waals surface area (Å²) in [5.41, 5.74) is 1.49. The van der Waals surface area contributed by atoms with E-state index in [1.54, 1.807) is 42.5 Å². The van der Waals surface area contributed by atoms with Gasteiger partial charge in [0.25, 0.3) is 0 Å². The van der Waals surface area contributed by atoms with Crippen LogP contribution >= 0.6 is 0 Å². The number of carbonyl (C=O) groups is 1. The minimum atomic E-state index is -0.797. The Labute approximate surface area is 121 Å². The molecule has 21 heavy (non-hydrogen) atoms. The lowest BCUT2D eigenvalue weighted by Crippen LogP contribution is -2.12. The topological polar surface area (TPSA) is 87.0 Å². The Bertz CT molecular complexity index is 659. The largest absolute Gasteiger partial charge is 0.508 e. The minimum Gasteiger partial charge on any atom is -0.508 e. The first-order valence-corrected chi connectivity index (χ1v) is 6.19. The molecule has 3 N–H and O–H groups in total. The van der Waals surface area contributed by atoms with Crippen molar-refractivity contribution in [3.8, 4) is 17.2 Å². The van der Waals surface area contributed by atoms with Crippen molar-refractivity contribution in [1.29, 1.82) is 0 Å². The SMILES string of the molecule is O=C(CO)Oc1cc(O)cc(/C=C/c2ccc(O)cc2)c1. The average Bonchev–Trinajstić information content (AvgIpc) is 2.46. The van der Waals surface area contributed by atoms with E-state index < -0.39 is 12.6 Å². The van der Waals surface area contributed by atoms with Gasteiger partial charge in [0.2, 0.25) is 0 Å². The molecule has 0 aliphatic heterocycles. The number of benzene rings is 2. The molecule has 0 radical (unpaired) electrons. The molecule has 5 nitrogen and oxygen atoms in total. The van der Waals surface area contributed by atoms with Crippen molar-refractivity contribution < 1.29 is 24.9 Å². The Balaban J connectivity index is 2.19. The van der Waals surface area contributed by atoms with Crippen LogP contribution in [0.5, 0.6) is 17.2 Å². The summed E-state index contributed by atoms with van der Waals surface area (Å²) in [5, 5.41) is 27.4. The average molecular weight is 286 g/mol. The van der Waals surface area contributed by atoms with E-state index in [0.29, 0.717) is 5.56 Å². The van der Waals surface area contributed by atoms with Crippen molar-refractivity contribution >= 4 is 18.1 Å². The zero-order chi connectivity index (χ0) is 15.2. The highest BCUT2D eigenvalue weighted by molar-refractivity contribution is 5.75. The van der Waals surface area contributed by atoms with Crippen LogP contribution in [0.3, 0.4) is 0 Å². The van der Waals surface area contributed by atoms with Gasteiger partial charge in [-0.1, -0.05) is 24.3 Å². The normalized spacial score (nSPS) is 10.7. The number of phenolic OH excluding ortho intramolecular Hbond substituents is 2. The third-order valence-corrected chi connectivity index (χ3v) is 2.64. The molecule has 0 heterocycles. The number of carbonyl (C=O) groups excluding carboxylic acids is 1. The number of hydrogen-bond donors (Lipinski definition) is 3. The molecule has 0 spiro atoms. The second kappa shape index (κ2) is 6.58. The Morgan fingerprint density at radius 3 is 2.29 bits per heavy atom. The van der Waals surface area contributed by atoms with E-state index >= 15 is 0 Å². The molecule has 0 amide bonds. The summed E-state index contributed by atoms with van der Waals surface area (Å²) in [6.45, 7) is -0.728. The lowest BCUT2D eigenvalue weighted by Gasteiger charge is -2.04. The number of hydrogen-bond acceptors (Lipinski definition) is 5. The van der Waals surface area contributed by atoms with Gasteiger partial charge in [0.05, 0.1) is 0 Å². The Hall–Kier alpha value is -2.79. The predicted molar refractivity (Wildman–Crippen MR) is 77.9 cm³/mol. The standard InChI is InChI=1S/C16H14O5/c17-10-16(20)21-15-8-12(7-14(19)9-15)2-1-11-3-5-13(18)6-4-11/h1-9,17-19H,10H2/b2-1+. The number of phenols is 2. The summed E-state index contributed by atoms with van der Waals surface area (Å²) < 4.78 is 4.84. The quantitative estimate of drug-likeness (QED) is 0.455. The van der Waals surface area contributed by atoms with Crippen LogP contribution in [0.15, 0.2) is 42.5 Å². The van der Waals surface area contributed by atoms with E-state index in [4.69, 9.17) is 9.84 Å². The molecule has 2 aromatic rings. The molecule has 0 aromatic heterocycles. The molecular weight excluding hydrogens is 272 g/mol. The number of aromatic hydroxyl groups is 2. The second-order valence-corrected chi connectivity index (χ2v) is 4.32. The van der Waals surface area contributed by atoms with E-state index in [9.17, 15) is 15.0 Å². The molecule has 108 valence electrons. The molecule has 2 rings (SSSR count). The third kappa shape index (κ3) is 4.36. The van der Waals surface area contributed by atoms with Crippen LogP contribution in [-0.4, -0.2) is 27.9 Å². The molecule has 5 heteroatoms. The molecule has 0 aliphatic rings. The van der Waals surface area contributed by atoms with Crippen molar-refractivity contribution in [2.24, 2.45) is 0 Å². The fourth-order valence-electron chi connectivity index (χ4n) is 1.70. The molecule has 0 bridgehead atoms. The van der Waals surface area contributed by atoms with Gasteiger partial charge < -0.3 is 20.1 Å². The van der Waals surface area contributed by atoms with E-state index in [2.05, 4.69) is 0 Å². The summed E-state index contributed by atoms with van der Waals surface area (Å²) >= 11 is 0. The smallest absolute Gasteiger partial charge is 0.337 e. The Morgan fingerprint density at radius 2 is 1.62 bits per heavy atom. The maximum Gasteiger partial charge on any atom is 0.337 e. The molecule has 0 fully saturated rings. The van der Waals surface area contributed by atoms with Gasteiger partial charge >= 0.3 is 5.97 Å². The van der Waals surface area contributed by atoms with Crippen LogP contribution < -0.4 is 4.74 Å². The molecule has 0 saturated heterocycles. The lowest BCUT2D eigenvalue weighted by molar-refractivity contribution is -0.137. The van der Waals surface area contributed by atoms with E-state index in [1.165, 1.54) is 12.1 Å². The van der Waals surface area contributed by atoms with Crippen LogP contribution in [0.4, 0.5) is 0 Å². The molecule has 0 saturated carbocycles. The summed E-state index contributed by atoms with van der Waals surface area (Å²) in [6.07, 6.45) is 3.51. The van der Waals surface area contributed by atoms with Gasteiger partial charge in [0.15, 0.2) is 0 Å². The fourth-order valence-corrected chi connectivity index (χ4v) is 1.70. The first-order chi connectivity index (χ1) is 10.1. The number of rotatable bonds is 4. The zero-order valence-electron chi connectivity index (χ0n) is 11.1. The number of aliphatic hydroxyl groups excluding tert-OH is 1. The van der Waals surface area contributed by atoms with Gasteiger partial charge in [-0.2, -0.15) is 0 Å². The third-order valence-electron chi connectivity index (χ3n) is 2.64. The van der Waals surface area contributed by atoms with Crippen molar-refractivity contribution in [3.05, 3.63) is 53.6 Å². The van der Waals surface area contributed by atoms with Crippen molar-refractivity contribution in [2.75, 3.05) is 6.61 Å². The van der Waals surface area contributed by atoms with Gasteiger partial charge in [0, 0.05) is 6.07 Å². The minimum absolute atomic E-state index is 0.0522. The summed E-state index contributed by atoms with van der Waals surface area (Å²) in [5.74, 6) is -0.514. The second-order valence-electron chi connectivity index (χ2n) is 4.32. The molecule has 0 unspecified atom stereocenters. The van der Waals surface area contributed by atoms with Gasteiger partial charge in [-0.05, 0) is 35.4 Å². The summed E-state index contributed by atoms with van der Waals surface area (Å²) in [7, 11) is 0. The first kappa shape index (κ1) is 14.6.